The van der Waals surface area contributed by atoms with Crippen molar-refractivity contribution in [1.82, 2.24) is 0 Å². The molecule has 20 heavy (non-hydrogen) atoms. The van der Waals surface area contributed by atoms with Crippen LogP contribution >= 0.6 is 11.6 Å². The zero-order valence-electron chi connectivity index (χ0n) is 11.5. The van der Waals surface area contributed by atoms with Crippen molar-refractivity contribution in [3.05, 3.63) is 40.6 Å². The molecule has 0 bridgehead atoms. The lowest BCUT2D eigenvalue weighted by atomic mass is 9.86. The van der Waals surface area contributed by atoms with E-state index in [9.17, 15) is 4.79 Å². The van der Waals surface area contributed by atoms with Crippen molar-refractivity contribution >= 4 is 23.2 Å². The Labute approximate surface area is 123 Å². The van der Waals surface area contributed by atoms with Gasteiger partial charge in [0.15, 0.2) is 0 Å². The number of hydrogen-bond acceptors (Lipinski definition) is 2. The molecule has 1 spiro atoms. The zero-order valence-corrected chi connectivity index (χ0v) is 12.3. The minimum absolute atomic E-state index is 0.0918. The van der Waals surface area contributed by atoms with Gasteiger partial charge in [-0.1, -0.05) is 11.6 Å². The number of carbonyl (C=O) groups is 1. The minimum Gasteiger partial charge on any atom is -0.492 e. The van der Waals surface area contributed by atoms with Gasteiger partial charge in [-0.3, -0.25) is 4.79 Å². The van der Waals surface area contributed by atoms with E-state index >= 15 is 0 Å². The van der Waals surface area contributed by atoms with Crippen LogP contribution in [0.1, 0.15) is 32.3 Å². The number of carbonyl (C=O) groups excluding carboxylic acids is 1. The molecular formula is C16H16ClNO2. The van der Waals surface area contributed by atoms with Crippen LogP contribution in [0.15, 0.2) is 30.0 Å². The molecule has 104 valence electrons. The van der Waals surface area contributed by atoms with Crippen molar-refractivity contribution in [3.8, 4) is 0 Å². The van der Waals surface area contributed by atoms with Gasteiger partial charge in [-0.25, -0.2) is 0 Å². The lowest BCUT2D eigenvalue weighted by molar-refractivity contribution is -0.119. The lowest BCUT2D eigenvalue weighted by Crippen LogP contribution is -2.34. The molecule has 1 aliphatic carbocycles. The van der Waals surface area contributed by atoms with Gasteiger partial charge in [0.1, 0.15) is 5.60 Å². The molecule has 0 aromatic heterocycles. The van der Waals surface area contributed by atoms with E-state index < -0.39 is 5.41 Å². The van der Waals surface area contributed by atoms with Crippen molar-refractivity contribution in [1.29, 1.82) is 0 Å². The van der Waals surface area contributed by atoms with Crippen molar-refractivity contribution in [3.63, 3.8) is 0 Å². The number of allylic oxidation sites excluding steroid dienone is 1. The fourth-order valence-corrected chi connectivity index (χ4v) is 4.08. The van der Waals surface area contributed by atoms with Gasteiger partial charge < -0.3 is 10.1 Å². The Morgan fingerprint density at radius 3 is 2.95 bits per heavy atom. The molecule has 1 aromatic carbocycles. The third-order valence-electron chi connectivity index (χ3n) is 5.00. The summed E-state index contributed by atoms with van der Waals surface area (Å²) in [6.45, 7) is 4.08. The molecule has 4 heteroatoms. The Hall–Kier alpha value is -1.48. The van der Waals surface area contributed by atoms with Crippen LogP contribution in [0.25, 0.3) is 0 Å². The van der Waals surface area contributed by atoms with Gasteiger partial charge in [0, 0.05) is 23.0 Å². The van der Waals surface area contributed by atoms with Crippen LogP contribution < -0.4 is 5.32 Å². The van der Waals surface area contributed by atoms with E-state index in [1.807, 2.05) is 25.1 Å². The molecule has 3 nitrogen and oxygen atoms in total. The monoisotopic (exact) mass is 289 g/mol. The van der Waals surface area contributed by atoms with Crippen LogP contribution in [-0.4, -0.2) is 11.5 Å². The summed E-state index contributed by atoms with van der Waals surface area (Å²) in [5, 5.41) is 3.67. The normalized spacial score (nSPS) is 37.5. The predicted molar refractivity (Wildman–Crippen MR) is 77.7 cm³/mol. The number of benzene rings is 1. The molecule has 0 radical (unpaired) electrons. The molecule has 1 amide bonds. The first-order valence-corrected chi connectivity index (χ1v) is 7.31. The topological polar surface area (TPSA) is 38.3 Å². The molecule has 1 aromatic rings. The van der Waals surface area contributed by atoms with Gasteiger partial charge in [-0.15, -0.1) is 0 Å². The largest absolute Gasteiger partial charge is 0.492 e. The van der Waals surface area contributed by atoms with Crippen LogP contribution in [0.5, 0.6) is 0 Å². The number of anilines is 1. The second-order valence-electron chi connectivity index (χ2n) is 6.31. The first kappa shape index (κ1) is 12.3. The van der Waals surface area contributed by atoms with Gasteiger partial charge in [0.2, 0.25) is 5.91 Å². The van der Waals surface area contributed by atoms with Gasteiger partial charge in [-0.2, -0.15) is 0 Å². The SMILES string of the molecule is CC1=CCC(C)(C2CC23C(=O)Nc2ccc(Cl)cc23)O1. The maximum atomic E-state index is 12.5. The smallest absolute Gasteiger partial charge is 0.235 e. The Bertz CT molecular complexity index is 668. The quantitative estimate of drug-likeness (QED) is 0.857. The lowest BCUT2D eigenvalue weighted by Gasteiger charge is -2.27. The maximum absolute atomic E-state index is 12.5. The maximum Gasteiger partial charge on any atom is 0.235 e. The van der Waals surface area contributed by atoms with E-state index in [1.54, 1.807) is 0 Å². The van der Waals surface area contributed by atoms with E-state index in [4.69, 9.17) is 16.3 Å². The molecule has 0 saturated heterocycles. The highest BCUT2D eigenvalue weighted by Gasteiger charge is 2.71. The summed E-state index contributed by atoms with van der Waals surface area (Å²) < 4.78 is 6.00. The Kier molecular flexibility index (Phi) is 2.20. The van der Waals surface area contributed by atoms with Crippen LogP contribution in [0, 0.1) is 5.92 Å². The van der Waals surface area contributed by atoms with E-state index in [-0.39, 0.29) is 17.4 Å². The first-order chi connectivity index (χ1) is 9.45. The van der Waals surface area contributed by atoms with Crippen molar-refractivity contribution in [2.75, 3.05) is 5.32 Å². The number of amides is 1. The second kappa shape index (κ2) is 3.59. The second-order valence-corrected chi connectivity index (χ2v) is 6.74. The zero-order chi connectivity index (χ0) is 14.1. The Morgan fingerprint density at radius 2 is 2.25 bits per heavy atom. The van der Waals surface area contributed by atoms with E-state index in [2.05, 4.69) is 18.3 Å². The average molecular weight is 290 g/mol. The van der Waals surface area contributed by atoms with Gasteiger partial charge in [0.25, 0.3) is 0 Å². The van der Waals surface area contributed by atoms with Crippen LogP contribution in [0.2, 0.25) is 5.02 Å². The Morgan fingerprint density at radius 1 is 1.45 bits per heavy atom. The Balaban J connectivity index is 1.75. The number of rotatable bonds is 1. The summed E-state index contributed by atoms with van der Waals surface area (Å²) >= 11 is 6.11. The van der Waals surface area contributed by atoms with Crippen LogP contribution in [-0.2, 0) is 14.9 Å². The van der Waals surface area contributed by atoms with Gasteiger partial charge in [0.05, 0.1) is 11.2 Å². The number of fused-ring (bicyclic) bond motifs is 2. The number of halogens is 1. The van der Waals surface area contributed by atoms with Gasteiger partial charge >= 0.3 is 0 Å². The van der Waals surface area contributed by atoms with Crippen molar-refractivity contribution in [2.45, 2.75) is 37.7 Å². The van der Waals surface area contributed by atoms with E-state index in [0.717, 1.165) is 29.9 Å². The summed E-state index contributed by atoms with van der Waals surface area (Å²) in [4.78, 5) is 12.5. The highest BCUT2D eigenvalue weighted by molar-refractivity contribution is 6.31. The molecule has 3 atom stereocenters. The molecule has 1 saturated carbocycles. The highest BCUT2D eigenvalue weighted by Crippen LogP contribution is 2.66. The number of hydrogen-bond donors (Lipinski definition) is 1. The third kappa shape index (κ3) is 1.39. The van der Waals surface area contributed by atoms with Crippen LogP contribution in [0.3, 0.4) is 0 Å². The summed E-state index contributed by atoms with van der Waals surface area (Å²) in [7, 11) is 0. The summed E-state index contributed by atoms with van der Waals surface area (Å²) in [6.07, 6.45) is 3.82. The summed E-state index contributed by atoms with van der Waals surface area (Å²) in [6, 6.07) is 5.63. The fourth-order valence-electron chi connectivity index (χ4n) is 3.91. The molecule has 2 heterocycles. The number of ether oxygens (including phenoxy) is 1. The van der Waals surface area contributed by atoms with Crippen molar-refractivity contribution in [2.24, 2.45) is 5.92 Å². The minimum atomic E-state index is -0.437. The molecule has 2 aliphatic heterocycles. The van der Waals surface area contributed by atoms with E-state index in [1.165, 1.54) is 0 Å². The predicted octanol–water partition coefficient (Wildman–Crippen LogP) is 3.63. The van der Waals surface area contributed by atoms with Crippen LogP contribution in [0.4, 0.5) is 5.69 Å². The third-order valence-corrected chi connectivity index (χ3v) is 5.24. The first-order valence-electron chi connectivity index (χ1n) is 6.93. The number of nitrogens with one attached hydrogen (secondary N) is 1. The molecule has 3 unspecified atom stereocenters. The summed E-state index contributed by atoms with van der Waals surface area (Å²) in [5.74, 6) is 1.26. The molecule has 4 rings (SSSR count). The highest BCUT2D eigenvalue weighted by atomic mass is 35.5. The molecular weight excluding hydrogens is 274 g/mol. The fraction of sp³-hybridized carbons (Fsp3) is 0.438. The summed E-state index contributed by atoms with van der Waals surface area (Å²) in [5.41, 5.74) is 1.22. The van der Waals surface area contributed by atoms with Crippen molar-refractivity contribution < 1.29 is 9.53 Å². The standard InChI is InChI=1S/C16H16ClNO2/c1-9-5-6-15(2,20-9)13-8-16(13)11-7-10(17)3-4-12(11)18-14(16)19/h3-5,7,13H,6,8H2,1-2H3,(H,18,19). The molecule has 3 aliphatic rings. The van der Waals surface area contributed by atoms with Gasteiger partial charge in [-0.05, 0) is 50.1 Å². The molecule has 1 fully saturated rings. The molecule has 1 N–H and O–H groups in total. The average Bonchev–Trinajstić information content (AvgIpc) is 2.99. The van der Waals surface area contributed by atoms with E-state index in [0.29, 0.717) is 5.02 Å².